The molecule has 0 aliphatic heterocycles. The molecular weight excluding hydrogens is 369 g/mol. The van der Waals surface area contributed by atoms with E-state index in [9.17, 15) is 9.18 Å². The Bertz CT molecular complexity index is 965. The maximum atomic E-state index is 13.3. The Kier molecular flexibility index (Phi) is 5.88. The maximum absolute atomic E-state index is 13.3. The van der Waals surface area contributed by atoms with Crippen molar-refractivity contribution in [2.45, 2.75) is 6.54 Å². The fraction of sp³-hybridized carbons (Fsp3) is 0.100. The molecule has 5 nitrogen and oxygen atoms in total. The molecule has 0 aliphatic rings. The third-order valence-corrected chi connectivity index (χ3v) is 4.16. The number of hydrogen-bond acceptors (Lipinski definition) is 4. The van der Waals surface area contributed by atoms with Crippen LogP contribution in [-0.4, -0.2) is 18.0 Å². The number of nitrogens with one attached hydrogen (secondary N) is 2. The van der Waals surface area contributed by atoms with Crippen molar-refractivity contribution in [2.24, 2.45) is 0 Å². The topological polar surface area (TPSA) is 63.2 Å². The standard InChI is InChI=1S/C20H17ClFN3O2/c1-27-18-7-3-2-5-13(18)12-24-20(26)15-6-4-10-23-19(15)25-14-8-9-17(22)16(21)11-14/h2-11H,12H2,1H3,(H,23,25)(H,24,26). The zero-order chi connectivity index (χ0) is 19.2. The lowest BCUT2D eigenvalue weighted by molar-refractivity contribution is 0.0951. The monoisotopic (exact) mass is 385 g/mol. The Morgan fingerprint density at radius 2 is 2.00 bits per heavy atom. The summed E-state index contributed by atoms with van der Waals surface area (Å²) in [5, 5.41) is 5.83. The van der Waals surface area contributed by atoms with Crippen LogP contribution in [0.2, 0.25) is 5.02 Å². The summed E-state index contributed by atoms with van der Waals surface area (Å²) in [4.78, 5) is 16.8. The highest BCUT2D eigenvalue weighted by Crippen LogP contribution is 2.24. The lowest BCUT2D eigenvalue weighted by Crippen LogP contribution is -2.24. The molecule has 0 bridgehead atoms. The molecule has 7 heteroatoms. The first-order chi connectivity index (χ1) is 13.1. The normalized spacial score (nSPS) is 10.3. The second-order valence-corrected chi connectivity index (χ2v) is 6.06. The van der Waals surface area contributed by atoms with Gasteiger partial charge in [0.15, 0.2) is 0 Å². The number of methoxy groups -OCH3 is 1. The zero-order valence-corrected chi connectivity index (χ0v) is 15.3. The van der Waals surface area contributed by atoms with E-state index in [2.05, 4.69) is 15.6 Å². The van der Waals surface area contributed by atoms with E-state index in [0.717, 1.165) is 5.56 Å². The molecule has 3 rings (SSSR count). The van der Waals surface area contributed by atoms with Gasteiger partial charge in [-0.1, -0.05) is 29.8 Å². The van der Waals surface area contributed by atoms with Crippen LogP contribution >= 0.6 is 11.6 Å². The molecule has 0 unspecified atom stereocenters. The van der Waals surface area contributed by atoms with Gasteiger partial charge in [0.25, 0.3) is 5.91 Å². The van der Waals surface area contributed by atoms with E-state index in [1.807, 2.05) is 24.3 Å². The summed E-state index contributed by atoms with van der Waals surface area (Å²) in [5.74, 6) is 0.226. The number of carbonyl (C=O) groups is 1. The molecule has 0 fully saturated rings. The predicted octanol–water partition coefficient (Wildman–Crippen LogP) is 4.56. The Labute approximate surface area is 161 Å². The van der Waals surface area contributed by atoms with Gasteiger partial charge in [0.1, 0.15) is 17.4 Å². The smallest absolute Gasteiger partial charge is 0.255 e. The summed E-state index contributed by atoms with van der Waals surface area (Å²) in [6.07, 6.45) is 1.56. The number of carbonyl (C=O) groups excluding carboxylic acids is 1. The second kappa shape index (κ2) is 8.51. The Morgan fingerprint density at radius 3 is 2.78 bits per heavy atom. The quantitative estimate of drug-likeness (QED) is 0.653. The van der Waals surface area contributed by atoms with Crippen molar-refractivity contribution in [3.8, 4) is 5.75 Å². The number of hydrogen-bond donors (Lipinski definition) is 2. The number of ether oxygens (including phenoxy) is 1. The number of amides is 1. The van der Waals surface area contributed by atoms with Crippen molar-refractivity contribution >= 4 is 29.0 Å². The number of pyridine rings is 1. The summed E-state index contributed by atoms with van der Waals surface area (Å²) < 4.78 is 18.6. The number of rotatable bonds is 6. The molecule has 0 saturated heterocycles. The fourth-order valence-electron chi connectivity index (χ4n) is 2.52. The first-order valence-corrected chi connectivity index (χ1v) is 8.53. The van der Waals surface area contributed by atoms with Crippen LogP contribution in [0, 0.1) is 5.82 Å². The van der Waals surface area contributed by atoms with E-state index in [-0.39, 0.29) is 10.9 Å². The van der Waals surface area contributed by atoms with Crippen LogP contribution < -0.4 is 15.4 Å². The van der Waals surface area contributed by atoms with Crippen LogP contribution in [0.25, 0.3) is 0 Å². The minimum absolute atomic E-state index is 0.0156. The van der Waals surface area contributed by atoms with Crippen LogP contribution in [0.1, 0.15) is 15.9 Å². The maximum Gasteiger partial charge on any atom is 0.255 e. The van der Waals surface area contributed by atoms with E-state index >= 15 is 0 Å². The molecule has 1 aromatic heterocycles. The van der Waals surface area contributed by atoms with Crippen LogP contribution in [0.3, 0.4) is 0 Å². The molecule has 138 valence electrons. The molecule has 0 saturated carbocycles. The van der Waals surface area contributed by atoms with Gasteiger partial charge in [0.2, 0.25) is 0 Å². The molecule has 27 heavy (non-hydrogen) atoms. The predicted molar refractivity (Wildman–Crippen MR) is 103 cm³/mol. The average molecular weight is 386 g/mol. The van der Waals surface area contributed by atoms with Crippen LogP contribution in [0.4, 0.5) is 15.9 Å². The number of benzene rings is 2. The highest BCUT2D eigenvalue weighted by Gasteiger charge is 2.13. The summed E-state index contributed by atoms with van der Waals surface area (Å²) in [6, 6.07) is 15.0. The fourth-order valence-corrected chi connectivity index (χ4v) is 2.70. The van der Waals surface area contributed by atoms with Crippen molar-refractivity contribution in [1.82, 2.24) is 10.3 Å². The van der Waals surface area contributed by atoms with Crippen molar-refractivity contribution in [2.75, 3.05) is 12.4 Å². The van der Waals surface area contributed by atoms with Crippen molar-refractivity contribution in [3.05, 3.63) is 82.8 Å². The average Bonchev–Trinajstić information content (AvgIpc) is 2.69. The summed E-state index contributed by atoms with van der Waals surface area (Å²) in [7, 11) is 1.58. The molecule has 0 atom stereocenters. The van der Waals surface area contributed by atoms with Crippen molar-refractivity contribution in [3.63, 3.8) is 0 Å². The minimum atomic E-state index is -0.516. The minimum Gasteiger partial charge on any atom is -0.496 e. The third kappa shape index (κ3) is 4.54. The molecule has 3 aromatic rings. The van der Waals surface area contributed by atoms with Gasteiger partial charge in [0, 0.05) is 24.0 Å². The number of nitrogens with zero attached hydrogens (tertiary/aromatic N) is 1. The van der Waals surface area contributed by atoms with Gasteiger partial charge in [-0.15, -0.1) is 0 Å². The Hall–Kier alpha value is -3.12. The first-order valence-electron chi connectivity index (χ1n) is 8.15. The van der Waals surface area contributed by atoms with E-state index in [1.54, 1.807) is 25.4 Å². The van der Waals surface area contributed by atoms with Gasteiger partial charge in [-0.05, 0) is 36.4 Å². The number of aromatic nitrogens is 1. The van der Waals surface area contributed by atoms with Gasteiger partial charge < -0.3 is 15.4 Å². The lowest BCUT2D eigenvalue weighted by Gasteiger charge is -2.13. The van der Waals surface area contributed by atoms with Gasteiger partial charge in [-0.2, -0.15) is 0 Å². The van der Waals surface area contributed by atoms with E-state index in [0.29, 0.717) is 29.4 Å². The lowest BCUT2D eigenvalue weighted by atomic mass is 10.2. The molecule has 1 heterocycles. The SMILES string of the molecule is COc1ccccc1CNC(=O)c1cccnc1Nc1ccc(F)c(Cl)c1. The van der Waals surface area contributed by atoms with E-state index in [4.69, 9.17) is 16.3 Å². The Balaban J connectivity index is 1.76. The first kappa shape index (κ1) is 18.7. The van der Waals surface area contributed by atoms with Gasteiger partial charge >= 0.3 is 0 Å². The third-order valence-electron chi connectivity index (χ3n) is 3.87. The second-order valence-electron chi connectivity index (χ2n) is 5.65. The highest BCUT2D eigenvalue weighted by molar-refractivity contribution is 6.31. The number of anilines is 2. The zero-order valence-electron chi connectivity index (χ0n) is 14.5. The molecular formula is C20H17ClFN3O2. The number of para-hydroxylation sites is 1. The van der Waals surface area contributed by atoms with Crippen molar-refractivity contribution < 1.29 is 13.9 Å². The summed E-state index contributed by atoms with van der Waals surface area (Å²) >= 11 is 5.80. The van der Waals surface area contributed by atoms with E-state index < -0.39 is 5.82 Å². The number of halogens is 2. The van der Waals surface area contributed by atoms with Crippen LogP contribution in [0.5, 0.6) is 5.75 Å². The summed E-state index contributed by atoms with van der Waals surface area (Å²) in [5.41, 5.74) is 1.74. The molecule has 0 aliphatic carbocycles. The molecule has 0 spiro atoms. The largest absolute Gasteiger partial charge is 0.496 e. The molecule has 0 radical (unpaired) electrons. The van der Waals surface area contributed by atoms with E-state index in [1.165, 1.54) is 18.2 Å². The van der Waals surface area contributed by atoms with Gasteiger partial charge in [0.05, 0.1) is 17.7 Å². The summed E-state index contributed by atoms with van der Waals surface area (Å²) in [6.45, 7) is 0.305. The molecule has 2 aromatic carbocycles. The molecule has 1 amide bonds. The molecule has 2 N–H and O–H groups in total. The van der Waals surface area contributed by atoms with Crippen LogP contribution in [-0.2, 0) is 6.54 Å². The van der Waals surface area contributed by atoms with Crippen molar-refractivity contribution in [1.29, 1.82) is 0 Å². The highest BCUT2D eigenvalue weighted by atomic mass is 35.5. The van der Waals surface area contributed by atoms with Gasteiger partial charge in [-0.3, -0.25) is 4.79 Å². The van der Waals surface area contributed by atoms with Gasteiger partial charge in [-0.25, -0.2) is 9.37 Å². The Morgan fingerprint density at radius 1 is 1.19 bits per heavy atom. The van der Waals surface area contributed by atoms with Crippen LogP contribution in [0.15, 0.2) is 60.8 Å².